The molecule has 0 bridgehead atoms. The Hall–Kier alpha value is -0.640. The lowest BCUT2D eigenvalue weighted by Crippen LogP contribution is -3.00. The molecule has 0 amide bonds. The normalized spacial score (nSPS) is 26.7. The van der Waals surface area contributed by atoms with E-state index >= 15 is 0 Å². The van der Waals surface area contributed by atoms with Crippen LogP contribution in [0.4, 0.5) is 5.69 Å². The standard InChI is InChI=1S/C17H22N.HI/c1-5-18-14-10-7-6-9-13(14)17(4)15(18)11-8-12-16(17,2)3;/h6-11H,5,12H2,1-4H3;1H/q+1;/p-1. The molecule has 19 heavy (non-hydrogen) atoms. The van der Waals surface area contributed by atoms with Crippen molar-refractivity contribution < 1.29 is 28.6 Å². The van der Waals surface area contributed by atoms with E-state index in [-0.39, 0.29) is 34.8 Å². The second-order valence-electron chi connectivity index (χ2n) is 6.26. The highest BCUT2D eigenvalue weighted by Crippen LogP contribution is 2.53. The third kappa shape index (κ3) is 1.75. The van der Waals surface area contributed by atoms with Gasteiger partial charge in [0, 0.05) is 17.7 Å². The van der Waals surface area contributed by atoms with Crippen LogP contribution in [0, 0.1) is 5.41 Å². The topological polar surface area (TPSA) is 3.01 Å². The van der Waals surface area contributed by atoms with Crippen molar-refractivity contribution in [2.75, 3.05) is 6.54 Å². The van der Waals surface area contributed by atoms with Crippen LogP contribution in [0.15, 0.2) is 36.4 Å². The monoisotopic (exact) mass is 367 g/mol. The molecule has 1 unspecified atom stereocenters. The Morgan fingerprint density at radius 3 is 2.53 bits per heavy atom. The van der Waals surface area contributed by atoms with Crippen LogP contribution in [0.25, 0.3) is 0 Å². The molecule has 3 rings (SSSR count). The first-order chi connectivity index (χ1) is 8.52. The summed E-state index contributed by atoms with van der Waals surface area (Å²) in [5.74, 6) is 0. The van der Waals surface area contributed by atoms with Crippen molar-refractivity contribution in [3.63, 3.8) is 0 Å². The van der Waals surface area contributed by atoms with Gasteiger partial charge in [0.1, 0.15) is 6.54 Å². The minimum absolute atomic E-state index is 0. The molecular weight excluding hydrogens is 345 g/mol. The van der Waals surface area contributed by atoms with Gasteiger partial charge < -0.3 is 24.0 Å². The number of nitrogens with zero attached hydrogens (tertiary/aromatic N) is 1. The third-order valence-corrected chi connectivity index (χ3v) is 5.11. The molecule has 1 aliphatic carbocycles. The molecule has 0 spiro atoms. The average molecular weight is 367 g/mol. The van der Waals surface area contributed by atoms with E-state index in [9.17, 15) is 0 Å². The molecule has 0 N–H and O–H groups in total. The van der Waals surface area contributed by atoms with Crippen LogP contribution in [0.5, 0.6) is 0 Å². The summed E-state index contributed by atoms with van der Waals surface area (Å²) >= 11 is 0. The van der Waals surface area contributed by atoms with Crippen LogP contribution in [-0.4, -0.2) is 16.8 Å². The Kier molecular flexibility index (Phi) is 3.67. The van der Waals surface area contributed by atoms with Crippen LogP contribution in [-0.2, 0) is 5.41 Å². The van der Waals surface area contributed by atoms with E-state index in [0.717, 1.165) is 13.0 Å². The Labute approximate surface area is 133 Å². The quantitative estimate of drug-likeness (QED) is 0.516. The SMILES string of the molecule is CC[N+]1=C2C=CCC(C)(C)C2(C)c2ccccc21.[I-]. The Bertz CT molecular complexity index is 568. The highest BCUT2D eigenvalue weighted by Gasteiger charge is 2.56. The van der Waals surface area contributed by atoms with Gasteiger partial charge in [0.2, 0.25) is 5.69 Å². The van der Waals surface area contributed by atoms with Crippen LogP contribution in [0.3, 0.4) is 0 Å². The molecule has 0 saturated heterocycles. The Morgan fingerprint density at radius 1 is 1.16 bits per heavy atom. The lowest BCUT2D eigenvalue weighted by atomic mass is 9.57. The van der Waals surface area contributed by atoms with Crippen molar-refractivity contribution in [1.29, 1.82) is 0 Å². The molecule has 1 aliphatic heterocycles. The highest BCUT2D eigenvalue weighted by molar-refractivity contribution is 6.04. The molecular formula is C17H22IN. The van der Waals surface area contributed by atoms with E-state index < -0.39 is 0 Å². The summed E-state index contributed by atoms with van der Waals surface area (Å²) in [4.78, 5) is 0. The second kappa shape index (κ2) is 4.72. The fourth-order valence-electron chi connectivity index (χ4n) is 3.65. The van der Waals surface area contributed by atoms with E-state index in [1.54, 1.807) is 0 Å². The van der Waals surface area contributed by atoms with E-state index in [1.165, 1.54) is 17.0 Å². The number of benzene rings is 1. The number of halogens is 1. The van der Waals surface area contributed by atoms with Crippen LogP contribution in [0.2, 0.25) is 0 Å². The first-order valence-electron chi connectivity index (χ1n) is 6.93. The fraction of sp³-hybridized carbons (Fsp3) is 0.471. The van der Waals surface area contributed by atoms with Gasteiger partial charge in [-0.15, -0.1) is 0 Å². The molecule has 1 atom stereocenters. The minimum atomic E-state index is 0. The van der Waals surface area contributed by atoms with Gasteiger partial charge in [-0.3, -0.25) is 0 Å². The summed E-state index contributed by atoms with van der Waals surface area (Å²) < 4.78 is 2.48. The third-order valence-electron chi connectivity index (χ3n) is 5.11. The molecule has 1 aromatic rings. The zero-order valence-electron chi connectivity index (χ0n) is 12.2. The maximum absolute atomic E-state index is 2.48. The van der Waals surface area contributed by atoms with Crippen molar-refractivity contribution in [3.05, 3.63) is 42.0 Å². The van der Waals surface area contributed by atoms with Gasteiger partial charge in [-0.05, 0) is 25.7 Å². The van der Waals surface area contributed by atoms with Crippen molar-refractivity contribution >= 4 is 11.4 Å². The molecule has 2 aliphatic rings. The molecule has 102 valence electrons. The summed E-state index contributed by atoms with van der Waals surface area (Å²) in [5.41, 5.74) is 4.79. The molecule has 0 fully saturated rings. The molecule has 0 radical (unpaired) electrons. The van der Waals surface area contributed by atoms with Gasteiger partial charge in [-0.1, -0.05) is 38.1 Å². The maximum Gasteiger partial charge on any atom is 0.209 e. The van der Waals surface area contributed by atoms with Crippen LogP contribution < -0.4 is 24.0 Å². The molecule has 0 aromatic heterocycles. The zero-order chi connectivity index (χ0) is 13.0. The first kappa shape index (κ1) is 14.8. The molecule has 1 heterocycles. The molecule has 2 heteroatoms. The van der Waals surface area contributed by atoms with Crippen LogP contribution >= 0.6 is 0 Å². The van der Waals surface area contributed by atoms with E-state index in [0.29, 0.717) is 0 Å². The van der Waals surface area contributed by atoms with E-state index in [4.69, 9.17) is 0 Å². The van der Waals surface area contributed by atoms with Crippen molar-refractivity contribution in [1.82, 2.24) is 0 Å². The van der Waals surface area contributed by atoms with Crippen molar-refractivity contribution in [2.45, 2.75) is 39.5 Å². The molecule has 1 nitrogen and oxygen atoms in total. The first-order valence-corrected chi connectivity index (χ1v) is 6.93. The number of rotatable bonds is 1. The van der Waals surface area contributed by atoms with Gasteiger partial charge in [0.15, 0.2) is 5.71 Å². The van der Waals surface area contributed by atoms with Crippen molar-refractivity contribution in [3.8, 4) is 0 Å². The van der Waals surface area contributed by atoms with Gasteiger partial charge >= 0.3 is 0 Å². The minimum Gasteiger partial charge on any atom is -1.00 e. The van der Waals surface area contributed by atoms with Gasteiger partial charge in [0.25, 0.3) is 0 Å². The largest absolute Gasteiger partial charge is 1.00 e. The number of fused-ring (bicyclic) bond motifs is 3. The molecule has 1 aromatic carbocycles. The lowest BCUT2D eigenvalue weighted by molar-refractivity contribution is -0.433. The summed E-state index contributed by atoms with van der Waals surface area (Å²) in [5, 5.41) is 0. The van der Waals surface area contributed by atoms with E-state index in [1.807, 2.05) is 0 Å². The highest BCUT2D eigenvalue weighted by atomic mass is 127. The number of hydrogen-bond donors (Lipinski definition) is 0. The lowest BCUT2D eigenvalue weighted by Gasteiger charge is -2.41. The second-order valence-corrected chi connectivity index (χ2v) is 6.26. The predicted molar refractivity (Wildman–Crippen MR) is 76.8 cm³/mol. The van der Waals surface area contributed by atoms with E-state index in [2.05, 4.69) is 68.7 Å². The van der Waals surface area contributed by atoms with Gasteiger partial charge in [-0.2, -0.15) is 4.58 Å². The number of hydrogen-bond acceptors (Lipinski definition) is 0. The average Bonchev–Trinajstić information content (AvgIpc) is 2.61. The smallest absolute Gasteiger partial charge is 0.209 e. The molecule has 0 saturated carbocycles. The Morgan fingerprint density at radius 2 is 1.84 bits per heavy atom. The maximum atomic E-state index is 2.48. The summed E-state index contributed by atoms with van der Waals surface area (Å²) in [6, 6.07) is 8.90. The zero-order valence-corrected chi connectivity index (χ0v) is 14.4. The summed E-state index contributed by atoms with van der Waals surface area (Å²) in [6.45, 7) is 10.5. The van der Waals surface area contributed by atoms with Gasteiger partial charge in [-0.25, -0.2) is 0 Å². The predicted octanol–water partition coefficient (Wildman–Crippen LogP) is 1.05. The number of para-hydroxylation sites is 1. The Balaban J connectivity index is 0.00000133. The van der Waals surface area contributed by atoms with Gasteiger partial charge in [0.05, 0.1) is 5.41 Å². The van der Waals surface area contributed by atoms with Crippen molar-refractivity contribution in [2.24, 2.45) is 5.41 Å². The fourth-order valence-corrected chi connectivity index (χ4v) is 3.65. The van der Waals surface area contributed by atoms with Crippen LogP contribution in [0.1, 0.15) is 39.7 Å². The number of allylic oxidation sites excluding steroid dienone is 2. The summed E-state index contributed by atoms with van der Waals surface area (Å²) in [7, 11) is 0. The summed E-state index contributed by atoms with van der Waals surface area (Å²) in [6.07, 6.45) is 5.83.